The van der Waals surface area contributed by atoms with Crippen LogP contribution >= 0.6 is 0 Å². The van der Waals surface area contributed by atoms with Gasteiger partial charge in [-0.3, -0.25) is 0 Å². The average Bonchev–Trinajstić information content (AvgIpc) is 2.26. The molecule has 0 unspecified atom stereocenters. The minimum atomic E-state index is 0.318. The van der Waals surface area contributed by atoms with Gasteiger partial charge in [0.05, 0.1) is 0 Å². The first kappa shape index (κ1) is 10.7. The van der Waals surface area contributed by atoms with E-state index in [9.17, 15) is 5.11 Å². The van der Waals surface area contributed by atoms with Crippen LogP contribution in [0.1, 0.15) is 16.7 Å². The van der Waals surface area contributed by atoms with Crippen LogP contribution in [0.5, 0.6) is 5.75 Å². The summed E-state index contributed by atoms with van der Waals surface area (Å²) in [6, 6.07) is 11.9. The molecule has 0 fully saturated rings. The lowest BCUT2D eigenvalue weighted by Gasteiger charge is -2.09. The Kier molecular flexibility index (Phi) is 2.69. The third-order valence-electron chi connectivity index (χ3n) is 3.04. The van der Waals surface area contributed by atoms with Crippen LogP contribution < -0.4 is 0 Å². The molecule has 0 heterocycles. The highest BCUT2D eigenvalue weighted by atomic mass is 16.3. The lowest BCUT2D eigenvalue weighted by molar-refractivity contribution is 0.475. The van der Waals surface area contributed by atoms with Gasteiger partial charge in [0.25, 0.3) is 0 Å². The fraction of sp³-hybridized carbons (Fsp3) is 0.200. The van der Waals surface area contributed by atoms with Crippen molar-refractivity contribution in [1.29, 1.82) is 0 Å². The quantitative estimate of drug-likeness (QED) is 0.758. The van der Waals surface area contributed by atoms with Crippen molar-refractivity contribution in [1.82, 2.24) is 0 Å². The van der Waals surface area contributed by atoms with Gasteiger partial charge in [-0.1, -0.05) is 24.3 Å². The first-order valence-corrected chi connectivity index (χ1v) is 5.45. The predicted molar refractivity (Wildman–Crippen MR) is 67.8 cm³/mol. The number of phenols is 1. The van der Waals surface area contributed by atoms with Gasteiger partial charge in [-0.2, -0.15) is 0 Å². The molecule has 82 valence electrons. The number of benzene rings is 2. The highest BCUT2D eigenvalue weighted by Crippen LogP contribution is 2.28. The molecule has 0 aromatic heterocycles. The Labute approximate surface area is 96.4 Å². The lowest BCUT2D eigenvalue weighted by Crippen LogP contribution is -1.86. The molecule has 0 saturated heterocycles. The molecule has 0 bridgehead atoms. The minimum absolute atomic E-state index is 0.318. The SMILES string of the molecule is Cc1ccc(-c2cc(O)ccc2C)cc1C. The molecule has 0 amide bonds. The van der Waals surface area contributed by atoms with E-state index in [1.54, 1.807) is 6.07 Å². The smallest absolute Gasteiger partial charge is 0.116 e. The van der Waals surface area contributed by atoms with Crippen molar-refractivity contribution >= 4 is 0 Å². The molecule has 1 nitrogen and oxygen atoms in total. The van der Waals surface area contributed by atoms with Crippen molar-refractivity contribution in [3.63, 3.8) is 0 Å². The van der Waals surface area contributed by atoms with Gasteiger partial charge >= 0.3 is 0 Å². The number of hydrogen-bond donors (Lipinski definition) is 1. The van der Waals surface area contributed by atoms with Gasteiger partial charge in [-0.05, 0) is 60.7 Å². The zero-order valence-corrected chi connectivity index (χ0v) is 9.91. The second-order valence-corrected chi connectivity index (χ2v) is 4.30. The summed E-state index contributed by atoms with van der Waals surface area (Å²) in [5.41, 5.74) is 6.02. The lowest BCUT2D eigenvalue weighted by atomic mass is 9.97. The Morgan fingerprint density at radius 3 is 2.12 bits per heavy atom. The predicted octanol–water partition coefficient (Wildman–Crippen LogP) is 3.98. The second-order valence-electron chi connectivity index (χ2n) is 4.30. The molecule has 1 heteroatoms. The van der Waals surface area contributed by atoms with E-state index in [1.807, 2.05) is 12.1 Å². The van der Waals surface area contributed by atoms with E-state index >= 15 is 0 Å². The third kappa shape index (κ3) is 1.94. The highest BCUT2D eigenvalue weighted by Gasteiger charge is 2.04. The summed E-state index contributed by atoms with van der Waals surface area (Å²) in [5.74, 6) is 0.318. The van der Waals surface area contributed by atoms with Gasteiger partial charge in [0.15, 0.2) is 0 Å². The fourth-order valence-electron chi connectivity index (χ4n) is 1.83. The fourth-order valence-corrected chi connectivity index (χ4v) is 1.83. The van der Waals surface area contributed by atoms with Gasteiger partial charge in [-0.15, -0.1) is 0 Å². The third-order valence-corrected chi connectivity index (χ3v) is 3.04. The maximum absolute atomic E-state index is 9.52. The number of phenolic OH excluding ortho intramolecular Hbond substituents is 1. The number of rotatable bonds is 1. The van der Waals surface area contributed by atoms with Crippen LogP contribution in [0.2, 0.25) is 0 Å². The molecule has 2 rings (SSSR count). The summed E-state index contributed by atoms with van der Waals surface area (Å²) in [7, 11) is 0. The first-order valence-electron chi connectivity index (χ1n) is 5.45. The minimum Gasteiger partial charge on any atom is -0.508 e. The molecular formula is C15H16O. The standard InChI is InChI=1S/C15H16O/c1-10-4-6-13(8-12(10)3)15-9-14(16)7-5-11(15)2/h4-9,16H,1-3H3. The Hall–Kier alpha value is -1.76. The Morgan fingerprint density at radius 2 is 1.44 bits per heavy atom. The maximum atomic E-state index is 9.52. The molecule has 0 saturated carbocycles. The van der Waals surface area contributed by atoms with E-state index in [0.717, 1.165) is 11.1 Å². The summed E-state index contributed by atoms with van der Waals surface area (Å²) in [6.07, 6.45) is 0. The average molecular weight is 212 g/mol. The van der Waals surface area contributed by atoms with Gasteiger partial charge < -0.3 is 5.11 Å². The van der Waals surface area contributed by atoms with Crippen molar-refractivity contribution in [2.45, 2.75) is 20.8 Å². The molecule has 0 spiro atoms. The van der Waals surface area contributed by atoms with Gasteiger partial charge in [0.1, 0.15) is 5.75 Å². The Morgan fingerprint density at radius 1 is 0.750 bits per heavy atom. The van der Waals surface area contributed by atoms with Crippen LogP contribution in [0.25, 0.3) is 11.1 Å². The van der Waals surface area contributed by atoms with Gasteiger partial charge in [0, 0.05) is 0 Å². The van der Waals surface area contributed by atoms with Gasteiger partial charge in [-0.25, -0.2) is 0 Å². The molecule has 0 atom stereocenters. The van der Waals surface area contributed by atoms with Crippen LogP contribution in [0.4, 0.5) is 0 Å². The van der Waals surface area contributed by atoms with E-state index in [0.29, 0.717) is 5.75 Å². The Balaban J connectivity index is 2.58. The van der Waals surface area contributed by atoms with Gasteiger partial charge in [0.2, 0.25) is 0 Å². The molecule has 1 N–H and O–H groups in total. The van der Waals surface area contributed by atoms with Crippen molar-refractivity contribution in [3.05, 3.63) is 53.1 Å². The van der Waals surface area contributed by atoms with Crippen molar-refractivity contribution < 1.29 is 5.11 Å². The zero-order valence-electron chi connectivity index (χ0n) is 9.91. The van der Waals surface area contributed by atoms with Crippen molar-refractivity contribution in [2.24, 2.45) is 0 Å². The van der Waals surface area contributed by atoms with E-state index in [2.05, 4.69) is 39.0 Å². The molecule has 0 aliphatic carbocycles. The highest BCUT2D eigenvalue weighted by molar-refractivity contribution is 5.69. The molecule has 16 heavy (non-hydrogen) atoms. The number of aromatic hydroxyl groups is 1. The van der Waals surface area contributed by atoms with Crippen molar-refractivity contribution in [3.8, 4) is 16.9 Å². The molecular weight excluding hydrogens is 196 g/mol. The van der Waals surface area contributed by atoms with Crippen LogP contribution in [-0.4, -0.2) is 5.11 Å². The second kappa shape index (κ2) is 4.01. The monoisotopic (exact) mass is 212 g/mol. The summed E-state index contributed by atoms with van der Waals surface area (Å²) in [4.78, 5) is 0. The van der Waals surface area contributed by atoms with Crippen LogP contribution in [-0.2, 0) is 0 Å². The summed E-state index contributed by atoms with van der Waals surface area (Å²) in [6.45, 7) is 6.27. The van der Waals surface area contributed by atoms with E-state index in [-0.39, 0.29) is 0 Å². The molecule has 2 aromatic rings. The van der Waals surface area contributed by atoms with Crippen LogP contribution in [0.3, 0.4) is 0 Å². The van der Waals surface area contributed by atoms with Crippen LogP contribution in [0, 0.1) is 20.8 Å². The zero-order chi connectivity index (χ0) is 11.7. The molecule has 0 aliphatic heterocycles. The van der Waals surface area contributed by atoms with E-state index in [1.165, 1.54) is 16.7 Å². The van der Waals surface area contributed by atoms with E-state index in [4.69, 9.17) is 0 Å². The first-order chi connectivity index (χ1) is 7.58. The van der Waals surface area contributed by atoms with E-state index < -0.39 is 0 Å². The maximum Gasteiger partial charge on any atom is 0.116 e. The normalized spacial score (nSPS) is 10.4. The van der Waals surface area contributed by atoms with Crippen molar-refractivity contribution in [2.75, 3.05) is 0 Å². The number of aryl methyl sites for hydroxylation is 3. The molecule has 0 aliphatic rings. The summed E-state index contributed by atoms with van der Waals surface area (Å²) in [5, 5.41) is 9.52. The largest absolute Gasteiger partial charge is 0.508 e. The topological polar surface area (TPSA) is 20.2 Å². The summed E-state index contributed by atoms with van der Waals surface area (Å²) >= 11 is 0. The Bertz CT molecular complexity index is 527. The molecule has 2 aromatic carbocycles. The number of hydrogen-bond acceptors (Lipinski definition) is 1. The molecule has 0 radical (unpaired) electrons. The summed E-state index contributed by atoms with van der Waals surface area (Å²) < 4.78 is 0. The van der Waals surface area contributed by atoms with Crippen LogP contribution in [0.15, 0.2) is 36.4 Å².